The summed E-state index contributed by atoms with van der Waals surface area (Å²) in [6, 6.07) is 8.01. The Morgan fingerprint density at radius 1 is 1.06 bits per heavy atom. The summed E-state index contributed by atoms with van der Waals surface area (Å²) in [7, 11) is 0. The van der Waals surface area contributed by atoms with Crippen LogP contribution in [0.5, 0.6) is 5.75 Å². The van der Waals surface area contributed by atoms with E-state index in [4.69, 9.17) is 4.74 Å². The summed E-state index contributed by atoms with van der Waals surface area (Å²) in [6.45, 7) is 0.385. The highest BCUT2D eigenvalue weighted by Gasteiger charge is 2.39. The molecule has 0 bridgehead atoms. The molecule has 0 spiro atoms. The SMILES string of the molecule is O=C(N1CC(Oc2ccc3ccc(=O)[nH]c3c2F)C1)N1N=CCC1c1cc(F)cc(F)c1. The van der Waals surface area contributed by atoms with Crippen molar-refractivity contribution in [1.29, 1.82) is 0 Å². The second kappa shape index (κ2) is 7.70. The molecule has 1 aromatic heterocycles. The number of benzene rings is 2. The molecular weight excluding hydrogens is 425 g/mol. The second-order valence-corrected chi connectivity index (χ2v) is 7.69. The van der Waals surface area contributed by atoms with Gasteiger partial charge in [0, 0.05) is 30.2 Å². The largest absolute Gasteiger partial charge is 0.484 e. The van der Waals surface area contributed by atoms with Crippen molar-refractivity contribution in [2.45, 2.75) is 18.6 Å². The molecular formula is C22H17F3N4O3. The summed E-state index contributed by atoms with van der Waals surface area (Å²) < 4.78 is 47.6. The minimum Gasteiger partial charge on any atom is -0.484 e. The molecule has 3 aromatic rings. The zero-order valence-corrected chi connectivity index (χ0v) is 16.6. The molecule has 2 aliphatic rings. The number of fused-ring (bicyclic) bond motifs is 1. The minimum atomic E-state index is -0.726. The number of hydrogen-bond donors (Lipinski definition) is 1. The molecule has 5 rings (SSSR count). The van der Waals surface area contributed by atoms with Gasteiger partial charge in [-0.15, -0.1) is 0 Å². The van der Waals surface area contributed by atoms with E-state index in [9.17, 15) is 22.8 Å². The maximum atomic E-state index is 14.7. The van der Waals surface area contributed by atoms with E-state index >= 15 is 0 Å². The van der Waals surface area contributed by atoms with Crippen LogP contribution in [-0.4, -0.2) is 46.3 Å². The quantitative estimate of drug-likeness (QED) is 0.674. The number of carbonyl (C=O) groups excluding carboxylic acids is 1. The zero-order valence-electron chi connectivity index (χ0n) is 16.6. The molecule has 1 atom stereocenters. The van der Waals surface area contributed by atoms with Gasteiger partial charge in [0.1, 0.15) is 17.7 Å². The Hall–Kier alpha value is -3.82. The van der Waals surface area contributed by atoms with Crippen LogP contribution < -0.4 is 10.3 Å². The van der Waals surface area contributed by atoms with E-state index in [-0.39, 0.29) is 24.4 Å². The van der Waals surface area contributed by atoms with E-state index in [0.717, 1.165) is 6.07 Å². The number of aromatic nitrogens is 1. The lowest BCUT2D eigenvalue weighted by atomic mass is 10.0. The van der Waals surface area contributed by atoms with Crippen LogP contribution in [0, 0.1) is 17.5 Å². The minimum absolute atomic E-state index is 0.0243. The van der Waals surface area contributed by atoms with Gasteiger partial charge in [-0.1, -0.05) is 0 Å². The highest BCUT2D eigenvalue weighted by atomic mass is 19.1. The van der Waals surface area contributed by atoms with Crippen molar-refractivity contribution >= 4 is 23.1 Å². The topological polar surface area (TPSA) is 78.0 Å². The van der Waals surface area contributed by atoms with E-state index in [1.807, 2.05) is 0 Å². The van der Waals surface area contributed by atoms with Crippen molar-refractivity contribution in [3.05, 3.63) is 75.8 Å². The maximum absolute atomic E-state index is 14.7. The van der Waals surface area contributed by atoms with Gasteiger partial charge in [-0.05, 0) is 35.9 Å². The smallest absolute Gasteiger partial charge is 0.341 e. The average molecular weight is 442 g/mol. The van der Waals surface area contributed by atoms with Crippen LogP contribution in [0.25, 0.3) is 10.9 Å². The highest BCUT2D eigenvalue weighted by Crippen LogP contribution is 2.32. The van der Waals surface area contributed by atoms with Crippen molar-refractivity contribution in [3.8, 4) is 5.75 Å². The lowest BCUT2D eigenvalue weighted by Crippen LogP contribution is -2.58. The molecule has 0 radical (unpaired) electrons. The Kier molecular flexibility index (Phi) is 4.84. The fraction of sp³-hybridized carbons (Fsp3) is 0.227. The lowest BCUT2D eigenvalue weighted by molar-refractivity contribution is 0.0258. The molecule has 1 unspecified atom stereocenters. The first-order valence-electron chi connectivity index (χ1n) is 9.94. The van der Waals surface area contributed by atoms with Gasteiger partial charge in [-0.2, -0.15) is 5.10 Å². The summed E-state index contributed by atoms with van der Waals surface area (Å²) in [6.07, 6.45) is 1.41. The Morgan fingerprint density at radius 3 is 2.53 bits per heavy atom. The number of aromatic amines is 1. The molecule has 3 heterocycles. The number of H-pyrrole nitrogens is 1. The fourth-order valence-electron chi connectivity index (χ4n) is 3.90. The average Bonchev–Trinajstić information content (AvgIpc) is 3.21. The van der Waals surface area contributed by atoms with Gasteiger partial charge < -0.3 is 14.6 Å². The molecule has 7 nitrogen and oxygen atoms in total. The molecule has 1 saturated heterocycles. The number of rotatable bonds is 3. The lowest BCUT2D eigenvalue weighted by Gasteiger charge is -2.41. The third-order valence-corrected chi connectivity index (χ3v) is 5.51. The molecule has 1 N–H and O–H groups in total. The van der Waals surface area contributed by atoms with Gasteiger partial charge >= 0.3 is 6.03 Å². The van der Waals surface area contributed by atoms with Gasteiger partial charge in [0.15, 0.2) is 11.6 Å². The molecule has 2 aliphatic heterocycles. The molecule has 2 amide bonds. The first-order chi connectivity index (χ1) is 15.4. The van der Waals surface area contributed by atoms with Crippen molar-refractivity contribution < 1.29 is 22.7 Å². The Labute approximate surface area is 179 Å². The molecule has 10 heteroatoms. The van der Waals surface area contributed by atoms with Crippen molar-refractivity contribution in [1.82, 2.24) is 14.9 Å². The van der Waals surface area contributed by atoms with Crippen LogP contribution >= 0.6 is 0 Å². The monoisotopic (exact) mass is 442 g/mol. The summed E-state index contributed by atoms with van der Waals surface area (Å²) in [4.78, 5) is 28.2. The molecule has 1 fully saturated rings. The Bertz CT molecular complexity index is 1280. The number of halogens is 3. The van der Waals surface area contributed by atoms with Crippen molar-refractivity contribution in [2.75, 3.05) is 13.1 Å². The van der Waals surface area contributed by atoms with E-state index in [1.165, 1.54) is 46.5 Å². The van der Waals surface area contributed by atoms with Crippen LogP contribution in [-0.2, 0) is 0 Å². The zero-order chi connectivity index (χ0) is 22.4. The molecule has 0 saturated carbocycles. The first kappa shape index (κ1) is 20.1. The van der Waals surface area contributed by atoms with Gasteiger partial charge in [-0.25, -0.2) is 23.0 Å². The standard InChI is InChI=1S/C22H17F3N4O3/c23-14-7-13(8-15(24)9-14)17-5-6-26-29(17)22(31)28-10-16(11-28)32-18-3-1-12-2-4-19(30)27-21(12)20(18)25/h1-4,6-9,16-17H,5,10-11H2,(H,27,30). The summed E-state index contributed by atoms with van der Waals surface area (Å²) in [5.41, 5.74) is -0.0550. The van der Waals surface area contributed by atoms with Gasteiger partial charge in [0.05, 0.1) is 24.6 Å². The fourth-order valence-corrected chi connectivity index (χ4v) is 3.90. The van der Waals surface area contributed by atoms with E-state index in [0.29, 0.717) is 17.4 Å². The van der Waals surface area contributed by atoms with Crippen molar-refractivity contribution in [2.24, 2.45) is 5.10 Å². The van der Waals surface area contributed by atoms with Crippen molar-refractivity contribution in [3.63, 3.8) is 0 Å². The third kappa shape index (κ3) is 3.57. The highest BCUT2D eigenvalue weighted by molar-refractivity contribution is 5.81. The van der Waals surface area contributed by atoms with Crippen LogP contribution in [0.2, 0.25) is 0 Å². The number of nitrogens with zero attached hydrogens (tertiary/aromatic N) is 3. The molecule has 0 aliphatic carbocycles. The predicted molar refractivity (Wildman–Crippen MR) is 110 cm³/mol. The van der Waals surface area contributed by atoms with E-state index in [1.54, 1.807) is 6.07 Å². The van der Waals surface area contributed by atoms with Crippen LogP contribution in [0.1, 0.15) is 18.0 Å². The number of nitrogens with one attached hydrogen (secondary N) is 1. The van der Waals surface area contributed by atoms with Crippen LogP contribution in [0.4, 0.5) is 18.0 Å². The first-order valence-corrected chi connectivity index (χ1v) is 9.94. The summed E-state index contributed by atoms with van der Waals surface area (Å²) in [5, 5.41) is 5.78. The number of pyridine rings is 1. The number of amides is 2. The normalized spacial score (nSPS) is 18.3. The van der Waals surface area contributed by atoms with E-state index < -0.39 is 41.2 Å². The number of carbonyl (C=O) groups is 1. The second-order valence-electron chi connectivity index (χ2n) is 7.69. The number of urea groups is 1. The summed E-state index contributed by atoms with van der Waals surface area (Å²) in [5.74, 6) is -2.16. The summed E-state index contributed by atoms with van der Waals surface area (Å²) >= 11 is 0. The van der Waals surface area contributed by atoms with Gasteiger partial charge in [0.2, 0.25) is 5.56 Å². The predicted octanol–water partition coefficient (Wildman–Crippen LogP) is 3.56. The van der Waals surface area contributed by atoms with Gasteiger partial charge in [0.25, 0.3) is 0 Å². The third-order valence-electron chi connectivity index (χ3n) is 5.51. The maximum Gasteiger partial charge on any atom is 0.341 e. The van der Waals surface area contributed by atoms with Crippen LogP contribution in [0.3, 0.4) is 0 Å². The van der Waals surface area contributed by atoms with E-state index in [2.05, 4.69) is 10.1 Å². The molecule has 164 valence electrons. The molecule has 32 heavy (non-hydrogen) atoms. The number of hydrazone groups is 1. The number of likely N-dealkylation sites (tertiary alicyclic amines) is 1. The Morgan fingerprint density at radius 2 is 1.78 bits per heavy atom. The Balaban J connectivity index is 1.26. The number of hydrogen-bond acceptors (Lipinski definition) is 4. The van der Waals surface area contributed by atoms with Gasteiger partial charge in [-0.3, -0.25) is 4.79 Å². The number of ether oxygens (including phenoxy) is 1. The molecule has 2 aromatic carbocycles. The van der Waals surface area contributed by atoms with Crippen LogP contribution in [0.15, 0.2) is 52.4 Å².